The third-order valence-corrected chi connectivity index (χ3v) is 3.98. The summed E-state index contributed by atoms with van der Waals surface area (Å²) in [5.41, 5.74) is 1.80. The van der Waals surface area contributed by atoms with Crippen molar-refractivity contribution in [2.75, 3.05) is 36.5 Å². The van der Waals surface area contributed by atoms with Gasteiger partial charge in [-0.2, -0.15) is 11.8 Å². The fourth-order valence-electron chi connectivity index (χ4n) is 1.98. The van der Waals surface area contributed by atoms with E-state index in [1.807, 2.05) is 43.0 Å². The molecule has 3 amide bonds. The van der Waals surface area contributed by atoms with Gasteiger partial charge in [-0.15, -0.1) is 0 Å². The van der Waals surface area contributed by atoms with Crippen molar-refractivity contribution in [3.63, 3.8) is 0 Å². The zero-order chi connectivity index (χ0) is 14.4. The van der Waals surface area contributed by atoms with Gasteiger partial charge >= 0.3 is 6.03 Å². The lowest BCUT2D eigenvalue weighted by atomic mass is 10.2. The molecule has 1 aromatic rings. The second-order valence-electron chi connectivity index (χ2n) is 4.67. The van der Waals surface area contributed by atoms with Crippen LogP contribution in [-0.4, -0.2) is 48.0 Å². The number of urea groups is 1. The summed E-state index contributed by atoms with van der Waals surface area (Å²) in [7, 11) is 0. The Morgan fingerprint density at radius 1 is 1.30 bits per heavy atom. The summed E-state index contributed by atoms with van der Waals surface area (Å²) in [5, 5.41) is 5.32. The number of benzene rings is 1. The van der Waals surface area contributed by atoms with Gasteiger partial charge in [-0.25, -0.2) is 4.79 Å². The molecule has 0 bridgehead atoms. The molecule has 1 aromatic carbocycles. The quantitative estimate of drug-likeness (QED) is 0.891. The van der Waals surface area contributed by atoms with Crippen LogP contribution in [0.4, 0.5) is 10.5 Å². The molecular formula is C14H19N3O2S. The largest absolute Gasteiger partial charge is 0.340 e. The Hall–Kier alpha value is -1.69. The number of carbonyl (C=O) groups is 2. The molecular weight excluding hydrogens is 274 g/mol. The van der Waals surface area contributed by atoms with E-state index < -0.39 is 0 Å². The first-order valence-electron chi connectivity index (χ1n) is 6.62. The van der Waals surface area contributed by atoms with Gasteiger partial charge in [-0.1, -0.05) is 12.1 Å². The lowest BCUT2D eigenvalue weighted by Crippen LogP contribution is -2.44. The zero-order valence-electron chi connectivity index (χ0n) is 11.5. The normalized spacial score (nSPS) is 14.8. The van der Waals surface area contributed by atoms with Crippen molar-refractivity contribution in [2.45, 2.75) is 6.92 Å². The number of amides is 3. The molecule has 0 aliphatic carbocycles. The van der Waals surface area contributed by atoms with Crippen LogP contribution in [0.1, 0.15) is 5.56 Å². The van der Waals surface area contributed by atoms with E-state index in [2.05, 4.69) is 10.6 Å². The van der Waals surface area contributed by atoms with Gasteiger partial charge in [-0.3, -0.25) is 4.79 Å². The predicted molar refractivity (Wildman–Crippen MR) is 82.1 cm³/mol. The zero-order valence-corrected chi connectivity index (χ0v) is 12.3. The van der Waals surface area contributed by atoms with E-state index in [0.717, 1.165) is 35.8 Å². The minimum absolute atomic E-state index is 0.0234. The fraction of sp³-hybridized carbons (Fsp3) is 0.429. The van der Waals surface area contributed by atoms with Gasteiger partial charge < -0.3 is 15.5 Å². The number of thioether (sulfide) groups is 1. The van der Waals surface area contributed by atoms with Gasteiger partial charge in [0.1, 0.15) is 0 Å². The molecule has 2 N–H and O–H groups in total. The average molecular weight is 293 g/mol. The SMILES string of the molecule is Cc1cccc(NC(=O)NCC(=O)N2CCSCC2)c1. The maximum absolute atomic E-state index is 11.9. The van der Waals surface area contributed by atoms with E-state index in [1.165, 1.54) is 0 Å². The second kappa shape index (κ2) is 7.19. The molecule has 0 unspecified atom stereocenters. The van der Waals surface area contributed by atoms with Gasteiger partial charge in [0.25, 0.3) is 0 Å². The van der Waals surface area contributed by atoms with Crippen molar-refractivity contribution in [1.29, 1.82) is 0 Å². The van der Waals surface area contributed by atoms with E-state index in [1.54, 1.807) is 4.90 Å². The first kappa shape index (κ1) is 14.7. The highest BCUT2D eigenvalue weighted by Crippen LogP contribution is 2.10. The summed E-state index contributed by atoms with van der Waals surface area (Å²) in [4.78, 5) is 25.4. The summed E-state index contributed by atoms with van der Waals surface area (Å²) in [6.45, 7) is 3.54. The smallest absolute Gasteiger partial charge is 0.319 e. The number of anilines is 1. The number of aryl methyl sites for hydroxylation is 1. The Morgan fingerprint density at radius 3 is 2.75 bits per heavy atom. The number of hydrogen-bond donors (Lipinski definition) is 2. The first-order chi connectivity index (χ1) is 9.65. The molecule has 6 heteroatoms. The minimum Gasteiger partial charge on any atom is -0.340 e. The summed E-state index contributed by atoms with van der Waals surface area (Å²) in [5.74, 6) is 1.92. The molecule has 0 spiro atoms. The van der Waals surface area contributed by atoms with Crippen LogP contribution in [0.15, 0.2) is 24.3 Å². The van der Waals surface area contributed by atoms with Crippen molar-refractivity contribution >= 4 is 29.4 Å². The third-order valence-electron chi connectivity index (χ3n) is 3.04. The molecule has 0 radical (unpaired) electrons. The van der Waals surface area contributed by atoms with Crippen LogP contribution in [0.2, 0.25) is 0 Å². The molecule has 1 heterocycles. The lowest BCUT2D eigenvalue weighted by Gasteiger charge is -2.26. The maximum Gasteiger partial charge on any atom is 0.319 e. The molecule has 0 atom stereocenters. The van der Waals surface area contributed by atoms with Gasteiger partial charge in [-0.05, 0) is 24.6 Å². The van der Waals surface area contributed by atoms with Crippen LogP contribution in [0.5, 0.6) is 0 Å². The lowest BCUT2D eigenvalue weighted by molar-refractivity contribution is -0.129. The second-order valence-corrected chi connectivity index (χ2v) is 5.90. The monoisotopic (exact) mass is 293 g/mol. The van der Waals surface area contributed by atoms with E-state index in [0.29, 0.717) is 0 Å². The molecule has 0 aromatic heterocycles. The highest BCUT2D eigenvalue weighted by molar-refractivity contribution is 7.99. The molecule has 20 heavy (non-hydrogen) atoms. The van der Waals surface area contributed by atoms with Crippen molar-refractivity contribution < 1.29 is 9.59 Å². The molecule has 1 aliphatic heterocycles. The van der Waals surface area contributed by atoms with Gasteiger partial charge in [0, 0.05) is 30.3 Å². The highest BCUT2D eigenvalue weighted by atomic mass is 32.2. The van der Waals surface area contributed by atoms with Crippen LogP contribution in [0.3, 0.4) is 0 Å². The van der Waals surface area contributed by atoms with Crippen molar-refractivity contribution in [3.8, 4) is 0 Å². The Labute approximate surface area is 123 Å². The topological polar surface area (TPSA) is 61.4 Å². The average Bonchev–Trinajstić information content (AvgIpc) is 2.46. The first-order valence-corrected chi connectivity index (χ1v) is 7.77. The predicted octanol–water partition coefficient (Wildman–Crippen LogP) is 1.69. The number of carbonyl (C=O) groups excluding carboxylic acids is 2. The number of hydrogen-bond acceptors (Lipinski definition) is 3. The van der Waals surface area contributed by atoms with E-state index in [4.69, 9.17) is 0 Å². The molecule has 1 fully saturated rings. The van der Waals surface area contributed by atoms with Crippen molar-refractivity contribution in [3.05, 3.63) is 29.8 Å². The highest BCUT2D eigenvalue weighted by Gasteiger charge is 2.16. The summed E-state index contributed by atoms with van der Waals surface area (Å²) < 4.78 is 0. The van der Waals surface area contributed by atoms with Gasteiger partial charge in [0.2, 0.25) is 5.91 Å². The van der Waals surface area contributed by atoms with Crippen LogP contribution in [-0.2, 0) is 4.79 Å². The molecule has 2 rings (SSSR count). The maximum atomic E-state index is 11.9. The minimum atomic E-state index is -0.352. The summed E-state index contributed by atoms with van der Waals surface area (Å²) in [6, 6.07) is 7.18. The standard InChI is InChI=1S/C14H19N3O2S/c1-11-3-2-4-12(9-11)16-14(19)15-10-13(18)17-5-7-20-8-6-17/h2-4,9H,5-8,10H2,1H3,(H2,15,16,19). The van der Waals surface area contributed by atoms with Gasteiger partial charge in [0.05, 0.1) is 6.54 Å². The van der Waals surface area contributed by atoms with Crippen molar-refractivity contribution in [2.24, 2.45) is 0 Å². The molecule has 0 saturated carbocycles. The number of nitrogens with zero attached hydrogens (tertiary/aromatic N) is 1. The van der Waals surface area contributed by atoms with Crippen LogP contribution in [0.25, 0.3) is 0 Å². The van der Waals surface area contributed by atoms with E-state index >= 15 is 0 Å². The molecule has 1 aliphatic rings. The Morgan fingerprint density at radius 2 is 2.05 bits per heavy atom. The fourth-order valence-corrected chi connectivity index (χ4v) is 2.88. The van der Waals surface area contributed by atoms with Crippen LogP contribution >= 0.6 is 11.8 Å². The molecule has 108 valence electrons. The third kappa shape index (κ3) is 4.45. The Balaban J connectivity index is 1.75. The number of nitrogens with one attached hydrogen (secondary N) is 2. The van der Waals surface area contributed by atoms with E-state index in [-0.39, 0.29) is 18.5 Å². The Kier molecular flexibility index (Phi) is 5.29. The van der Waals surface area contributed by atoms with Crippen LogP contribution < -0.4 is 10.6 Å². The Bertz CT molecular complexity index is 487. The summed E-state index contributed by atoms with van der Waals surface area (Å²) in [6.07, 6.45) is 0. The van der Waals surface area contributed by atoms with Gasteiger partial charge in [0.15, 0.2) is 0 Å². The summed E-state index contributed by atoms with van der Waals surface area (Å²) >= 11 is 1.85. The van der Waals surface area contributed by atoms with E-state index in [9.17, 15) is 9.59 Å². The number of rotatable bonds is 3. The molecule has 5 nitrogen and oxygen atoms in total. The molecule has 1 saturated heterocycles. The van der Waals surface area contributed by atoms with Crippen LogP contribution in [0, 0.1) is 6.92 Å². The van der Waals surface area contributed by atoms with Crippen molar-refractivity contribution in [1.82, 2.24) is 10.2 Å².